The zero-order valence-corrected chi connectivity index (χ0v) is 14.2. The zero-order chi connectivity index (χ0) is 16.2. The van der Waals surface area contributed by atoms with E-state index in [9.17, 15) is 4.79 Å². The van der Waals surface area contributed by atoms with Gasteiger partial charge in [0.25, 0.3) is 5.91 Å². The normalized spacial score (nSPS) is 20.2. The van der Waals surface area contributed by atoms with E-state index in [2.05, 4.69) is 23.2 Å². The summed E-state index contributed by atoms with van der Waals surface area (Å²) in [6.45, 7) is 6.62. The summed E-state index contributed by atoms with van der Waals surface area (Å²) in [4.78, 5) is 15.9. The van der Waals surface area contributed by atoms with Gasteiger partial charge >= 0.3 is 0 Å². The van der Waals surface area contributed by atoms with E-state index in [1.807, 2.05) is 18.2 Å². The Hall–Kier alpha value is -1.75. The Kier molecular flexibility index (Phi) is 5.06. The van der Waals surface area contributed by atoms with E-state index >= 15 is 0 Å². The highest BCUT2D eigenvalue weighted by atomic mass is 16.5. The molecule has 1 saturated carbocycles. The summed E-state index contributed by atoms with van der Waals surface area (Å²) >= 11 is 0. The first-order valence-electron chi connectivity index (χ1n) is 8.68. The van der Waals surface area contributed by atoms with E-state index in [0.717, 1.165) is 43.5 Å². The number of carbonyl (C=O) groups is 1. The average Bonchev–Trinajstić information content (AvgIpc) is 3.40. The molecule has 23 heavy (non-hydrogen) atoms. The Balaban J connectivity index is 1.47. The third kappa shape index (κ3) is 4.16. The van der Waals surface area contributed by atoms with Crippen LogP contribution in [0.1, 0.15) is 19.8 Å². The molecular formula is C18H28N3O2+. The fourth-order valence-electron chi connectivity index (χ4n) is 3.38. The molecule has 0 spiro atoms. The van der Waals surface area contributed by atoms with Crippen molar-refractivity contribution in [1.82, 2.24) is 5.32 Å². The number of para-hydroxylation sites is 2. The first kappa shape index (κ1) is 16.1. The van der Waals surface area contributed by atoms with Crippen LogP contribution in [0.4, 0.5) is 5.69 Å². The van der Waals surface area contributed by atoms with Gasteiger partial charge in [0.15, 0.2) is 6.54 Å². The van der Waals surface area contributed by atoms with Crippen molar-refractivity contribution in [1.29, 1.82) is 0 Å². The lowest BCUT2D eigenvalue weighted by molar-refractivity contribution is -0.892. The predicted octanol–water partition coefficient (Wildman–Crippen LogP) is 0.315. The number of methoxy groups -OCH3 is 1. The van der Waals surface area contributed by atoms with Gasteiger partial charge in [0.2, 0.25) is 0 Å². The molecule has 2 aliphatic rings. The number of hydrogen-bond acceptors (Lipinski definition) is 3. The van der Waals surface area contributed by atoms with Crippen LogP contribution >= 0.6 is 0 Å². The smallest absolute Gasteiger partial charge is 0.275 e. The number of benzene rings is 1. The van der Waals surface area contributed by atoms with Crippen molar-refractivity contribution in [3.8, 4) is 5.75 Å². The van der Waals surface area contributed by atoms with Crippen LogP contribution in [0.25, 0.3) is 0 Å². The van der Waals surface area contributed by atoms with E-state index in [4.69, 9.17) is 4.74 Å². The summed E-state index contributed by atoms with van der Waals surface area (Å²) in [5, 5.41) is 3.16. The van der Waals surface area contributed by atoms with Gasteiger partial charge in [-0.05, 0) is 37.8 Å². The summed E-state index contributed by atoms with van der Waals surface area (Å²) in [7, 11) is 1.71. The number of ether oxygens (including phenoxy) is 1. The topological polar surface area (TPSA) is 46.0 Å². The van der Waals surface area contributed by atoms with Gasteiger partial charge in [-0.2, -0.15) is 0 Å². The molecule has 1 atom stereocenters. The molecule has 5 nitrogen and oxygen atoms in total. The van der Waals surface area contributed by atoms with Crippen molar-refractivity contribution in [3.05, 3.63) is 24.3 Å². The Morgan fingerprint density at radius 1 is 1.35 bits per heavy atom. The summed E-state index contributed by atoms with van der Waals surface area (Å²) < 4.78 is 5.45. The minimum Gasteiger partial charge on any atom is -0.495 e. The molecule has 2 fully saturated rings. The van der Waals surface area contributed by atoms with Crippen LogP contribution in [0, 0.1) is 5.92 Å². The predicted molar refractivity (Wildman–Crippen MR) is 91.1 cm³/mol. The lowest BCUT2D eigenvalue weighted by Crippen LogP contribution is -3.16. The number of rotatable bonds is 6. The highest BCUT2D eigenvalue weighted by molar-refractivity contribution is 5.77. The summed E-state index contributed by atoms with van der Waals surface area (Å²) in [5.74, 6) is 1.84. The van der Waals surface area contributed by atoms with Crippen molar-refractivity contribution in [2.45, 2.75) is 25.8 Å². The first-order valence-corrected chi connectivity index (χ1v) is 8.68. The number of piperazine rings is 1. The molecule has 1 aliphatic carbocycles. The molecule has 3 rings (SSSR count). The summed E-state index contributed by atoms with van der Waals surface area (Å²) in [6, 6.07) is 8.49. The molecular weight excluding hydrogens is 290 g/mol. The van der Waals surface area contributed by atoms with Gasteiger partial charge in [-0.25, -0.2) is 0 Å². The molecule has 1 heterocycles. The second-order valence-corrected chi connectivity index (χ2v) is 6.78. The van der Waals surface area contributed by atoms with E-state index in [1.54, 1.807) is 7.11 Å². The van der Waals surface area contributed by atoms with Crippen molar-refractivity contribution in [3.63, 3.8) is 0 Å². The number of nitrogens with zero attached hydrogens (tertiary/aromatic N) is 1. The SMILES string of the molecule is COc1ccccc1N1CC[NH+](CC(=O)N[C@@H](C)C2CC2)CC1. The molecule has 0 aromatic heterocycles. The molecule has 126 valence electrons. The van der Waals surface area contributed by atoms with Gasteiger partial charge in [-0.3, -0.25) is 4.79 Å². The molecule has 1 amide bonds. The molecule has 1 saturated heterocycles. The molecule has 1 aliphatic heterocycles. The minimum atomic E-state index is 0.199. The van der Waals surface area contributed by atoms with Crippen LogP contribution < -0.4 is 19.9 Å². The van der Waals surface area contributed by atoms with Crippen molar-refractivity contribution in [2.75, 3.05) is 44.7 Å². The second kappa shape index (κ2) is 7.21. The zero-order valence-electron chi connectivity index (χ0n) is 14.2. The quantitative estimate of drug-likeness (QED) is 0.794. The number of nitrogens with one attached hydrogen (secondary N) is 2. The summed E-state index contributed by atoms with van der Waals surface area (Å²) in [5.41, 5.74) is 1.15. The molecule has 1 aromatic rings. The molecule has 0 bridgehead atoms. The molecule has 5 heteroatoms. The molecule has 1 aromatic carbocycles. The van der Waals surface area contributed by atoms with Crippen LogP contribution in [-0.2, 0) is 4.79 Å². The number of hydrogen-bond donors (Lipinski definition) is 2. The van der Waals surface area contributed by atoms with E-state index in [1.165, 1.54) is 17.7 Å². The average molecular weight is 318 g/mol. The van der Waals surface area contributed by atoms with Gasteiger partial charge in [-0.15, -0.1) is 0 Å². The molecule has 2 N–H and O–H groups in total. The number of anilines is 1. The van der Waals surface area contributed by atoms with Gasteiger partial charge in [-0.1, -0.05) is 12.1 Å². The van der Waals surface area contributed by atoms with Gasteiger partial charge < -0.3 is 19.9 Å². The fraction of sp³-hybridized carbons (Fsp3) is 0.611. The van der Waals surface area contributed by atoms with E-state index in [0.29, 0.717) is 12.6 Å². The highest BCUT2D eigenvalue weighted by Crippen LogP contribution is 2.32. The van der Waals surface area contributed by atoms with Gasteiger partial charge in [0.1, 0.15) is 5.75 Å². The number of quaternary nitrogens is 1. The van der Waals surface area contributed by atoms with Crippen LogP contribution in [0.3, 0.4) is 0 Å². The Bertz CT molecular complexity index is 537. The van der Waals surface area contributed by atoms with Crippen LogP contribution in [0.2, 0.25) is 0 Å². The highest BCUT2D eigenvalue weighted by Gasteiger charge is 2.30. The lowest BCUT2D eigenvalue weighted by Gasteiger charge is -2.34. The molecule has 0 radical (unpaired) electrons. The van der Waals surface area contributed by atoms with Crippen molar-refractivity contribution in [2.24, 2.45) is 5.92 Å². The van der Waals surface area contributed by atoms with Gasteiger partial charge in [0.05, 0.1) is 39.0 Å². The largest absolute Gasteiger partial charge is 0.495 e. The van der Waals surface area contributed by atoms with E-state index in [-0.39, 0.29) is 5.91 Å². The molecule has 0 unspecified atom stereocenters. The maximum Gasteiger partial charge on any atom is 0.275 e. The van der Waals surface area contributed by atoms with Gasteiger partial charge in [0, 0.05) is 6.04 Å². The van der Waals surface area contributed by atoms with Crippen LogP contribution in [0.15, 0.2) is 24.3 Å². The second-order valence-electron chi connectivity index (χ2n) is 6.78. The van der Waals surface area contributed by atoms with Crippen LogP contribution in [-0.4, -0.2) is 51.8 Å². The first-order chi connectivity index (χ1) is 11.2. The Morgan fingerprint density at radius 2 is 2.04 bits per heavy atom. The minimum absolute atomic E-state index is 0.199. The maximum atomic E-state index is 12.1. The van der Waals surface area contributed by atoms with Crippen LogP contribution in [0.5, 0.6) is 5.75 Å². The lowest BCUT2D eigenvalue weighted by atomic mass is 10.2. The third-order valence-corrected chi connectivity index (χ3v) is 5.02. The Morgan fingerprint density at radius 3 is 2.70 bits per heavy atom. The summed E-state index contributed by atoms with van der Waals surface area (Å²) in [6.07, 6.45) is 2.54. The maximum absolute atomic E-state index is 12.1. The van der Waals surface area contributed by atoms with Crippen molar-refractivity contribution >= 4 is 11.6 Å². The standard InChI is InChI=1S/C18H27N3O2/c1-14(15-7-8-15)19-18(22)13-20-9-11-21(12-10-20)16-5-3-4-6-17(16)23-2/h3-6,14-15H,7-13H2,1-2H3,(H,19,22)/p+1/t14-/m0/s1. The number of carbonyl (C=O) groups excluding carboxylic acids is 1. The monoisotopic (exact) mass is 318 g/mol. The third-order valence-electron chi connectivity index (χ3n) is 5.02. The Labute approximate surface area is 138 Å². The van der Waals surface area contributed by atoms with E-state index < -0.39 is 0 Å². The number of amides is 1. The van der Waals surface area contributed by atoms with Crippen molar-refractivity contribution < 1.29 is 14.4 Å². The fourth-order valence-corrected chi connectivity index (χ4v) is 3.38.